The highest BCUT2D eigenvalue weighted by Crippen LogP contribution is 2.27. The van der Waals surface area contributed by atoms with Crippen molar-refractivity contribution in [2.45, 2.75) is 18.8 Å². The Hall–Kier alpha value is -2.65. The van der Waals surface area contributed by atoms with Crippen LogP contribution in [-0.2, 0) is 6.42 Å². The standard InChI is InChI=1S/C22H24N2O/c23-14-12-18-8-10-21(11-9-18)25-16-13-22(19-5-2-1-3-6-19)20-7-4-15-24-17-20/h1-11,15,17,22H,12-14,16,23H2. The van der Waals surface area contributed by atoms with E-state index in [1.54, 1.807) is 0 Å². The van der Waals surface area contributed by atoms with Crippen molar-refractivity contribution in [1.29, 1.82) is 0 Å². The summed E-state index contributed by atoms with van der Waals surface area (Å²) in [6.45, 7) is 1.33. The molecule has 0 saturated carbocycles. The lowest BCUT2D eigenvalue weighted by Gasteiger charge is -2.18. The number of hydrogen-bond donors (Lipinski definition) is 1. The summed E-state index contributed by atoms with van der Waals surface area (Å²) < 4.78 is 5.96. The summed E-state index contributed by atoms with van der Waals surface area (Å²) in [5, 5.41) is 0. The number of benzene rings is 2. The SMILES string of the molecule is NCCc1ccc(OCCC(c2ccccc2)c2cccnc2)cc1. The molecule has 3 rings (SSSR count). The molecule has 0 spiro atoms. The van der Waals surface area contributed by atoms with Gasteiger partial charge in [-0.3, -0.25) is 4.98 Å². The molecule has 0 saturated heterocycles. The Labute approximate surface area is 149 Å². The van der Waals surface area contributed by atoms with Gasteiger partial charge < -0.3 is 10.5 Å². The van der Waals surface area contributed by atoms with Crippen molar-refractivity contribution in [3.8, 4) is 5.75 Å². The van der Waals surface area contributed by atoms with Gasteiger partial charge in [-0.15, -0.1) is 0 Å². The zero-order valence-corrected chi connectivity index (χ0v) is 14.3. The van der Waals surface area contributed by atoms with Crippen LogP contribution in [0.4, 0.5) is 0 Å². The summed E-state index contributed by atoms with van der Waals surface area (Å²) in [7, 11) is 0. The van der Waals surface area contributed by atoms with Gasteiger partial charge in [0.05, 0.1) is 6.61 Å². The number of ether oxygens (including phenoxy) is 1. The lowest BCUT2D eigenvalue weighted by Crippen LogP contribution is -2.08. The minimum atomic E-state index is 0.284. The first-order valence-electron chi connectivity index (χ1n) is 8.73. The van der Waals surface area contributed by atoms with E-state index in [2.05, 4.69) is 47.4 Å². The molecule has 0 aliphatic rings. The van der Waals surface area contributed by atoms with E-state index < -0.39 is 0 Å². The fraction of sp³-hybridized carbons (Fsp3) is 0.227. The lowest BCUT2D eigenvalue weighted by atomic mass is 9.90. The number of pyridine rings is 1. The molecule has 3 heteroatoms. The molecule has 1 aromatic heterocycles. The molecule has 0 aliphatic heterocycles. The van der Waals surface area contributed by atoms with Gasteiger partial charge in [-0.1, -0.05) is 48.5 Å². The molecule has 0 aliphatic carbocycles. The zero-order valence-electron chi connectivity index (χ0n) is 14.3. The highest BCUT2D eigenvalue weighted by Gasteiger charge is 2.14. The first-order chi connectivity index (χ1) is 12.4. The van der Waals surface area contributed by atoms with Crippen LogP contribution in [-0.4, -0.2) is 18.1 Å². The largest absolute Gasteiger partial charge is 0.494 e. The number of nitrogens with zero attached hydrogens (tertiary/aromatic N) is 1. The summed E-state index contributed by atoms with van der Waals surface area (Å²) in [5.41, 5.74) is 9.34. The number of aromatic nitrogens is 1. The van der Waals surface area contributed by atoms with E-state index in [1.807, 2.05) is 36.7 Å². The second-order valence-corrected chi connectivity index (χ2v) is 6.07. The van der Waals surface area contributed by atoms with Crippen LogP contribution in [0.5, 0.6) is 5.75 Å². The average molecular weight is 332 g/mol. The zero-order chi connectivity index (χ0) is 17.3. The van der Waals surface area contributed by atoms with Crippen molar-refractivity contribution in [2.75, 3.05) is 13.2 Å². The summed E-state index contributed by atoms with van der Waals surface area (Å²) in [6, 6.07) is 22.9. The maximum absolute atomic E-state index is 5.96. The molecule has 0 fully saturated rings. The van der Waals surface area contributed by atoms with Crippen molar-refractivity contribution >= 4 is 0 Å². The Kier molecular flexibility index (Phi) is 6.18. The maximum atomic E-state index is 5.96. The third-order valence-electron chi connectivity index (χ3n) is 4.32. The lowest BCUT2D eigenvalue weighted by molar-refractivity contribution is 0.303. The number of hydrogen-bond acceptors (Lipinski definition) is 3. The first kappa shape index (κ1) is 17.2. The van der Waals surface area contributed by atoms with Crippen LogP contribution in [0.3, 0.4) is 0 Å². The van der Waals surface area contributed by atoms with Gasteiger partial charge in [-0.05, 0) is 54.3 Å². The van der Waals surface area contributed by atoms with Crippen LogP contribution < -0.4 is 10.5 Å². The van der Waals surface area contributed by atoms with Crippen LogP contribution in [0.25, 0.3) is 0 Å². The summed E-state index contributed by atoms with van der Waals surface area (Å²) >= 11 is 0. The van der Waals surface area contributed by atoms with E-state index in [0.717, 1.165) is 18.6 Å². The summed E-state index contributed by atoms with van der Waals surface area (Å²) in [5.74, 6) is 1.19. The highest BCUT2D eigenvalue weighted by molar-refractivity contribution is 5.31. The monoisotopic (exact) mass is 332 g/mol. The third kappa shape index (κ3) is 4.91. The van der Waals surface area contributed by atoms with Crippen molar-refractivity contribution in [1.82, 2.24) is 4.98 Å². The summed E-state index contributed by atoms with van der Waals surface area (Å²) in [6.07, 6.45) is 5.56. The molecule has 1 unspecified atom stereocenters. The molecular weight excluding hydrogens is 308 g/mol. The van der Waals surface area contributed by atoms with Gasteiger partial charge >= 0.3 is 0 Å². The van der Waals surface area contributed by atoms with Crippen LogP contribution >= 0.6 is 0 Å². The first-order valence-corrected chi connectivity index (χ1v) is 8.73. The van der Waals surface area contributed by atoms with Gasteiger partial charge in [0.1, 0.15) is 5.75 Å². The number of rotatable bonds is 8. The fourth-order valence-electron chi connectivity index (χ4n) is 3.01. The van der Waals surface area contributed by atoms with Crippen molar-refractivity contribution < 1.29 is 4.74 Å². The van der Waals surface area contributed by atoms with Crippen molar-refractivity contribution in [3.05, 3.63) is 95.8 Å². The van der Waals surface area contributed by atoms with Gasteiger partial charge in [0.25, 0.3) is 0 Å². The average Bonchev–Trinajstić information content (AvgIpc) is 2.68. The van der Waals surface area contributed by atoms with E-state index in [1.165, 1.54) is 16.7 Å². The Morgan fingerprint density at radius 2 is 1.64 bits per heavy atom. The molecule has 0 radical (unpaired) electrons. The minimum absolute atomic E-state index is 0.284. The quantitative estimate of drug-likeness (QED) is 0.673. The highest BCUT2D eigenvalue weighted by atomic mass is 16.5. The Morgan fingerprint density at radius 1 is 0.880 bits per heavy atom. The fourth-order valence-corrected chi connectivity index (χ4v) is 3.01. The molecular formula is C22H24N2O. The molecule has 3 nitrogen and oxygen atoms in total. The molecule has 2 N–H and O–H groups in total. The van der Waals surface area contributed by atoms with Crippen LogP contribution in [0.2, 0.25) is 0 Å². The van der Waals surface area contributed by atoms with Gasteiger partial charge in [-0.2, -0.15) is 0 Å². The Balaban J connectivity index is 1.65. The van der Waals surface area contributed by atoms with E-state index >= 15 is 0 Å². The minimum Gasteiger partial charge on any atom is -0.494 e. The van der Waals surface area contributed by atoms with Crippen LogP contribution in [0.1, 0.15) is 29.0 Å². The molecule has 25 heavy (non-hydrogen) atoms. The van der Waals surface area contributed by atoms with Crippen LogP contribution in [0, 0.1) is 0 Å². The predicted octanol–water partition coefficient (Wildman–Crippen LogP) is 4.18. The van der Waals surface area contributed by atoms with E-state index in [-0.39, 0.29) is 5.92 Å². The van der Waals surface area contributed by atoms with E-state index in [4.69, 9.17) is 10.5 Å². The molecule has 2 aromatic carbocycles. The molecule has 128 valence electrons. The predicted molar refractivity (Wildman–Crippen MR) is 102 cm³/mol. The molecule has 0 amide bonds. The second kappa shape index (κ2) is 9.00. The smallest absolute Gasteiger partial charge is 0.119 e. The second-order valence-electron chi connectivity index (χ2n) is 6.07. The maximum Gasteiger partial charge on any atom is 0.119 e. The van der Waals surface area contributed by atoms with Crippen LogP contribution in [0.15, 0.2) is 79.1 Å². The molecule has 1 heterocycles. The van der Waals surface area contributed by atoms with Gasteiger partial charge in [0.2, 0.25) is 0 Å². The normalized spacial score (nSPS) is 11.9. The molecule has 1 atom stereocenters. The topological polar surface area (TPSA) is 48.1 Å². The third-order valence-corrected chi connectivity index (χ3v) is 4.32. The van der Waals surface area contributed by atoms with E-state index in [9.17, 15) is 0 Å². The van der Waals surface area contributed by atoms with Crippen molar-refractivity contribution in [3.63, 3.8) is 0 Å². The molecule has 0 bridgehead atoms. The Bertz CT molecular complexity index is 703. The van der Waals surface area contributed by atoms with E-state index in [0.29, 0.717) is 13.2 Å². The van der Waals surface area contributed by atoms with Crippen molar-refractivity contribution in [2.24, 2.45) is 5.73 Å². The Morgan fingerprint density at radius 3 is 2.32 bits per heavy atom. The number of nitrogens with two attached hydrogens (primary N) is 1. The molecule has 3 aromatic rings. The van der Waals surface area contributed by atoms with Gasteiger partial charge in [-0.25, -0.2) is 0 Å². The van der Waals surface area contributed by atoms with Gasteiger partial charge in [0.15, 0.2) is 0 Å². The van der Waals surface area contributed by atoms with Gasteiger partial charge in [0, 0.05) is 18.3 Å². The summed E-state index contributed by atoms with van der Waals surface area (Å²) in [4.78, 5) is 4.27.